The Kier molecular flexibility index (Phi) is 10.8. The number of amides is 2. The third-order valence-electron chi connectivity index (χ3n) is 6.23. The molecule has 2 N–H and O–H groups in total. The van der Waals surface area contributed by atoms with E-state index in [4.69, 9.17) is 14.2 Å². The Bertz CT molecular complexity index is 1270. The van der Waals surface area contributed by atoms with Gasteiger partial charge in [0, 0.05) is 22.5 Å². The molecule has 2 amide bonds. The van der Waals surface area contributed by atoms with Crippen molar-refractivity contribution in [3.05, 3.63) is 108 Å². The molecule has 0 aliphatic carbocycles. The van der Waals surface area contributed by atoms with E-state index in [2.05, 4.69) is 24.5 Å². The van der Waals surface area contributed by atoms with Crippen LogP contribution < -0.4 is 24.8 Å². The Labute approximate surface area is 241 Å². The van der Waals surface area contributed by atoms with Gasteiger partial charge in [0.1, 0.15) is 23.0 Å². The molecule has 7 nitrogen and oxygen atoms in total. The van der Waals surface area contributed by atoms with Crippen molar-refractivity contribution in [2.75, 3.05) is 23.8 Å². The highest BCUT2D eigenvalue weighted by Crippen LogP contribution is 2.25. The van der Waals surface area contributed by atoms with Gasteiger partial charge in [0.15, 0.2) is 0 Å². The average Bonchev–Trinajstić information content (AvgIpc) is 3.00. The summed E-state index contributed by atoms with van der Waals surface area (Å²) in [6.45, 7) is 5.57. The zero-order chi connectivity index (χ0) is 28.9. The lowest BCUT2D eigenvalue weighted by atomic mass is 10.2. The van der Waals surface area contributed by atoms with Crippen LogP contribution in [0, 0.1) is 0 Å². The summed E-state index contributed by atoms with van der Waals surface area (Å²) in [5.41, 5.74) is 2.41. The van der Waals surface area contributed by atoms with Crippen LogP contribution in [0.1, 0.15) is 60.2 Å². The highest BCUT2D eigenvalue weighted by atomic mass is 16.5. The predicted molar refractivity (Wildman–Crippen MR) is 163 cm³/mol. The van der Waals surface area contributed by atoms with Crippen molar-refractivity contribution in [3.63, 3.8) is 0 Å². The van der Waals surface area contributed by atoms with Gasteiger partial charge < -0.3 is 24.8 Å². The smallest absolute Gasteiger partial charge is 0.255 e. The molecule has 212 valence electrons. The molecule has 0 aliphatic heterocycles. The Balaban J connectivity index is 1.25. The molecule has 0 atom stereocenters. The van der Waals surface area contributed by atoms with E-state index in [1.165, 1.54) is 0 Å². The highest BCUT2D eigenvalue weighted by Gasteiger charge is 2.09. The summed E-state index contributed by atoms with van der Waals surface area (Å²) in [5.74, 6) is 2.35. The summed E-state index contributed by atoms with van der Waals surface area (Å²) < 4.78 is 17.2. The van der Waals surface area contributed by atoms with E-state index >= 15 is 0 Å². The SMILES string of the molecule is CCCCOc1ccc(C(=O)Nc2ccc(Oc3ccc(NC(=O)c4ccc(OCCCC)cc4)cc3)cc2)cc1. The lowest BCUT2D eigenvalue weighted by Crippen LogP contribution is -2.11. The Hall–Kier alpha value is -4.78. The standard InChI is InChI=1S/C34H36N2O5/c1-3-5-23-39-29-15-7-25(8-16-29)33(37)35-27-11-19-31(20-12-27)41-32-21-13-28(14-22-32)36-34(38)26-9-17-30(18-10-26)40-24-6-4-2/h7-22H,3-6,23-24H2,1-2H3,(H,35,37)(H,36,38). The molecule has 0 heterocycles. The van der Waals surface area contributed by atoms with E-state index < -0.39 is 0 Å². The Morgan fingerprint density at radius 1 is 0.512 bits per heavy atom. The third kappa shape index (κ3) is 9.14. The summed E-state index contributed by atoms with van der Waals surface area (Å²) in [5, 5.41) is 5.78. The van der Waals surface area contributed by atoms with Crippen LogP contribution in [0.2, 0.25) is 0 Å². The fourth-order valence-electron chi connectivity index (χ4n) is 3.83. The number of ether oxygens (including phenoxy) is 3. The number of hydrogen-bond donors (Lipinski definition) is 2. The number of carbonyl (C=O) groups excluding carboxylic acids is 2. The third-order valence-corrected chi connectivity index (χ3v) is 6.23. The molecule has 0 aromatic heterocycles. The van der Waals surface area contributed by atoms with Gasteiger partial charge in [-0.15, -0.1) is 0 Å². The van der Waals surface area contributed by atoms with Gasteiger partial charge in [-0.1, -0.05) is 26.7 Å². The highest BCUT2D eigenvalue weighted by molar-refractivity contribution is 6.05. The molecule has 4 rings (SSSR count). The van der Waals surface area contributed by atoms with Crippen molar-refractivity contribution in [2.24, 2.45) is 0 Å². The van der Waals surface area contributed by atoms with E-state index in [9.17, 15) is 9.59 Å². The number of rotatable bonds is 14. The van der Waals surface area contributed by atoms with Crippen LogP contribution in [0.5, 0.6) is 23.0 Å². The van der Waals surface area contributed by atoms with Crippen LogP contribution in [0.3, 0.4) is 0 Å². The van der Waals surface area contributed by atoms with Gasteiger partial charge in [0.05, 0.1) is 13.2 Å². The first-order valence-corrected chi connectivity index (χ1v) is 14.0. The van der Waals surface area contributed by atoms with Gasteiger partial charge in [0.2, 0.25) is 0 Å². The fraction of sp³-hybridized carbons (Fsp3) is 0.235. The Morgan fingerprint density at radius 3 is 1.20 bits per heavy atom. The number of benzene rings is 4. The van der Waals surface area contributed by atoms with Crippen LogP contribution in [0.4, 0.5) is 11.4 Å². The van der Waals surface area contributed by atoms with Gasteiger partial charge in [0.25, 0.3) is 11.8 Å². The summed E-state index contributed by atoms with van der Waals surface area (Å²) in [6, 6.07) is 28.5. The lowest BCUT2D eigenvalue weighted by Gasteiger charge is -2.10. The minimum Gasteiger partial charge on any atom is -0.494 e. The molecule has 0 bridgehead atoms. The number of carbonyl (C=O) groups is 2. The maximum atomic E-state index is 12.6. The first kappa shape index (κ1) is 29.2. The van der Waals surface area contributed by atoms with Crippen LogP contribution in [0.15, 0.2) is 97.1 Å². The van der Waals surface area contributed by atoms with Gasteiger partial charge in [-0.2, -0.15) is 0 Å². The van der Waals surface area contributed by atoms with Crippen LogP contribution in [-0.2, 0) is 0 Å². The number of hydrogen-bond acceptors (Lipinski definition) is 5. The summed E-state index contributed by atoms with van der Waals surface area (Å²) in [6.07, 6.45) is 4.14. The quantitative estimate of drug-likeness (QED) is 0.154. The molecular weight excluding hydrogens is 516 g/mol. The van der Waals surface area contributed by atoms with Crippen LogP contribution in [0.25, 0.3) is 0 Å². The van der Waals surface area contributed by atoms with E-state index in [1.807, 2.05) is 0 Å². The molecule has 0 saturated heterocycles. The van der Waals surface area contributed by atoms with E-state index in [-0.39, 0.29) is 11.8 Å². The summed E-state index contributed by atoms with van der Waals surface area (Å²) in [7, 11) is 0. The van der Waals surface area contributed by atoms with Crippen molar-refractivity contribution in [1.82, 2.24) is 0 Å². The van der Waals surface area contributed by atoms with Gasteiger partial charge in [-0.25, -0.2) is 0 Å². The maximum Gasteiger partial charge on any atom is 0.255 e. The van der Waals surface area contributed by atoms with Crippen molar-refractivity contribution in [3.8, 4) is 23.0 Å². The minimum absolute atomic E-state index is 0.201. The van der Waals surface area contributed by atoms with Crippen LogP contribution >= 0.6 is 0 Å². The van der Waals surface area contributed by atoms with Crippen molar-refractivity contribution < 1.29 is 23.8 Å². The zero-order valence-electron chi connectivity index (χ0n) is 23.5. The van der Waals surface area contributed by atoms with E-state index in [0.717, 1.165) is 37.2 Å². The van der Waals surface area contributed by atoms with Crippen molar-refractivity contribution in [2.45, 2.75) is 39.5 Å². The van der Waals surface area contributed by atoms with E-state index in [1.54, 1.807) is 97.1 Å². The molecule has 0 aliphatic rings. The zero-order valence-corrected chi connectivity index (χ0v) is 23.5. The molecule has 7 heteroatoms. The monoisotopic (exact) mass is 552 g/mol. The molecule has 0 radical (unpaired) electrons. The van der Waals surface area contributed by atoms with Crippen molar-refractivity contribution in [1.29, 1.82) is 0 Å². The minimum atomic E-state index is -0.201. The fourth-order valence-corrected chi connectivity index (χ4v) is 3.83. The molecule has 0 spiro atoms. The number of unbranched alkanes of at least 4 members (excludes halogenated alkanes) is 2. The first-order chi connectivity index (χ1) is 20.0. The Morgan fingerprint density at radius 2 is 0.854 bits per heavy atom. The number of nitrogens with one attached hydrogen (secondary N) is 2. The summed E-state index contributed by atoms with van der Waals surface area (Å²) >= 11 is 0. The largest absolute Gasteiger partial charge is 0.494 e. The van der Waals surface area contributed by atoms with Crippen molar-refractivity contribution >= 4 is 23.2 Å². The molecular formula is C34H36N2O5. The van der Waals surface area contributed by atoms with Gasteiger partial charge >= 0.3 is 0 Å². The molecule has 4 aromatic rings. The normalized spacial score (nSPS) is 10.5. The molecule has 0 unspecified atom stereocenters. The second-order valence-corrected chi connectivity index (χ2v) is 9.51. The van der Waals surface area contributed by atoms with E-state index in [0.29, 0.717) is 47.2 Å². The first-order valence-electron chi connectivity index (χ1n) is 14.0. The molecule has 4 aromatic carbocycles. The molecule has 41 heavy (non-hydrogen) atoms. The van der Waals surface area contributed by atoms with Crippen LogP contribution in [-0.4, -0.2) is 25.0 Å². The second kappa shape index (κ2) is 15.1. The average molecular weight is 553 g/mol. The summed E-state index contributed by atoms with van der Waals surface area (Å²) in [4.78, 5) is 25.2. The maximum absolute atomic E-state index is 12.6. The molecule has 0 fully saturated rings. The number of anilines is 2. The second-order valence-electron chi connectivity index (χ2n) is 9.51. The van der Waals surface area contributed by atoms with Gasteiger partial charge in [-0.05, 0) is 110 Å². The topological polar surface area (TPSA) is 85.9 Å². The molecule has 0 saturated carbocycles. The lowest BCUT2D eigenvalue weighted by molar-refractivity contribution is 0.101. The van der Waals surface area contributed by atoms with Gasteiger partial charge in [-0.3, -0.25) is 9.59 Å². The predicted octanol–water partition coefficient (Wildman–Crippen LogP) is 8.34.